The van der Waals surface area contributed by atoms with Gasteiger partial charge in [-0.2, -0.15) is 13.2 Å². The van der Waals surface area contributed by atoms with E-state index in [4.69, 9.17) is 4.74 Å². The van der Waals surface area contributed by atoms with Crippen molar-refractivity contribution < 1.29 is 22.7 Å². The molecular weight excluding hydrogens is 269 g/mol. The van der Waals surface area contributed by atoms with Crippen molar-refractivity contribution in [3.63, 3.8) is 0 Å². The van der Waals surface area contributed by atoms with E-state index in [9.17, 15) is 18.0 Å². The summed E-state index contributed by atoms with van der Waals surface area (Å²) in [5.74, 6) is -0.622. The highest BCUT2D eigenvalue weighted by atomic mass is 32.1. The molecule has 0 bridgehead atoms. The van der Waals surface area contributed by atoms with E-state index < -0.39 is 18.7 Å². The Bertz CT molecular complexity index is 406. The predicted molar refractivity (Wildman–Crippen MR) is 62.0 cm³/mol. The minimum absolute atomic E-state index is 0.0393. The van der Waals surface area contributed by atoms with Crippen LogP contribution < -0.4 is 4.90 Å². The molecule has 0 aromatic carbocycles. The number of alkyl halides is 3. The summed E-state index contributed by atoms with van der Waals surface area (Å²) in [4.78, 5) is 16.3. The number of ether oxygens (including phenoxy) is 1. The van der Waals surface area contributed by atoms with Gasteiger partial charge in [0.05, 0.1) is 6.61 Å². The first kappa shape index (κ1) is 14.7. The number of carbonyl (C=O) groups excluding carboxylic acids is 1. The molecule has 0 fully saturated rings. The average Bonchev–Trinajstić information content (AvgIpc) is 2.74. The standard InChI is InChI=1S/C10H13F3N2O2S/c1-3-15(6-10(11,12)13)9-14-7(5-18-9)8(16)17-4-2/h5H,3-4,6H2,1-2H3. The first-order chi connectivity index (χ1) is 8.37. The number of anilines is 1. The number of nitrogens with zero attached hydrogens (tertiary/aromatic N) is 2. The topological polar surface area (TPSA) is 42.4 Å². The van der Waals surface area contributed by atoms with E-state index in [1.54, 1.807) is 13.8 Å². The van der Waals surface area contributed by atoms with Crippen LogP contribution in [0.4, 0.5) is 18.3 Å². The maximum Gasteiger partial charge on any atom is 0.406 e. The van der Waals surface area contributed by atoms with E-state index in [0.29, 0.717) is 0 Å². The van der Waals surface area contributed by atoms with Crippen molar-refractivity contribution in [2.24, 2.45) is 0 Å². The highest BCUT2D eigenvalue weighted by Gasteiger charge is 2.31. The minimum atomic E-state index is -4.30. The zero-order valence-electron chi connectivity index (χ0n) is 9.95. The summed E-state index contributed by atoms with van der Waals surface area (Å²) in [6.45, 7) is 2.52. The number of hydrogen-bond acceptors (Lipinski definition) is 5. The highest BCUT2D eigenvalue weighted by molar-refractivity contribution is 7.13. The molecule has 1 heterocycles. The van der Waals surface area contributed by atoms with Crippen LogP contribution in [0.15, 0.2) is 5.38 Å². The number of aromatic nitrogens is 1. The Morgan fingerprint density at radius 3 is 2.67 bits per heavy atom. The molecule has 0 radical (unpaired) electrons. The molecule has 0 N–H and O–H groups in total. The first-order valence-corrected chi connectivity index (χ1v) is 6.19. The Morgan fingerprint density at radius 1 is 1.50 bits per heavy atom. The fourth-order valence-corrected chi connectivity index (χ4v) is 2.10. The summed E-state index contributed by atoms with van der Waals surface area (Å²) < 4.78 is 41.6. The third-order valence-corrected chi connectivity index (χ3v) is 2.90. The monoisotopic (exact) mass is 282 g/mol. The van der Waals surface area contributed by atoms with E-state index in [2.05, 4.69) is 4.98 Å². The third-order valence-electron chi connectivity index (χ3n) is 2.00. The third kappa shape index (κ3) is 4.17. The second-order valence-electron chi connectivity index (χ2n) is 3.37. The van der Waals surface area contributed by atoms with Crippen molar-refractivity contribution in [1.82, 2.24) is 4.98 Å². The lowest BCUT2D eigenvalue weighted by Gasteiger charge is -2.20. The summed E-state index contributed by atoms with van der Waals surface area (Å²) >= 11 is 0.991. The quantitative estimate of drug-likeness (QED) is 0.779. The zero-order valence-corrected chi connectivity index (χ0v) is 10.8. The molecule has 0 saturated heterocycles. The van der Waals surface area contributed by atoms with Crippen molar-refractivity contribution >= 4 is 22.4 Å². The van der Waals surface area contributed by atoms with Crippen LogP contribution in [0.25, 0.3) is 0 Å². The molecule has 1 aromatic heterocycles. The summed E-state index contributed by atoms with van der Waals surface area (Å²) in [7, 11) is 0. The molecule has 0 aliphatic rings. The molecule has 18 heavy (non-hydrogen) atoms. The highest BCUT2D eigenvalue weighted by Crippen LogP contribution is 2.25. The summed E-state index contributed by atoms with van der Waals surface area (Å²) in [5, 5.41) is 1.56. The van der Waals surface area contributed by atoms with Crippen molar-refractivity contribution in [2.75, 3.05) is 24.6 Å². The van der Waals surface area contributed by atoms with Crippen LogP contribution in [0.1, 0.15) is 24.3 Å². The summed E-state index contributed by atoms with van der Waals surface area (Å²) in [6.07, 6.45) is -4.30. The van der Waals surface area contributed by atoms with E-state index in [-0.39, 0.29) is 24.0 Å². The fraction of sp³-hybridized carbons (Fsp3) is 0.600. The van der Waals surface area contributed by atoms with Gasteiger partial charge < -0.3 is 9.64 Å². The molecule has 0 spiro atoms. The van der Waals surface area contributed by atoms with Gasteiger partial charge in [-0.15, -0.1) is 11.3 Å². The van der Waals surface area contributed by atoms with Gasteiger partial charge in [0.15, 0.2) is 10.8 Å². The maximum absolute atomic E-state index is 12.3. The normalized spacial score (nSPS) is 11.4. The van der Waals surface area contributed by atoms with Gasteiger partial charge in [0, 0.05) is 11.9 Å². The van der Waals surface area contributed by atoms with Gasteiger partial charge in [0.1, 0.15) is 6.54 Å². The predicted octanol–water partition coefficient (Wildman–Crippen LogP) is 2.71. The van der Waals surface area contributed by atoms with E-state index >= 15 is 0 Å². The first-order valence-electron chi connectivity index (χ1n) is 5.31. The fourth-order valence-electron chi connectivity index (χ4n) is 1.24. The van der Waals surface area contributed by atoms with Crippen LogP contribution in [0, 0.1) is 0 Å². The number of carbonyl (C=O) groups is 1. The lowest BCUT2D eigenvalue weighted by atomic mass is 10.5. The van der Waals surface area contributed by atoms with Crippen molar-refractivity contribution in [1.29, 1.82) is 0 Å². The van der Waals surface area contributed by atoms with Crippen LogP contribution in [-0.4, -0.2) is 36.8 Å². The SMILES string of the molecule is CCOC(=O)c1csc(N(CC)CC(F)(F)F)n1. The number of thiazole rings is 1. The van der Waals surface area contributed by atoms with E-state index in [1.165, 1.54) is 5.38 Å². The molecule has 8 heteroatoms. The Kier molecular flexibility index (Phi) is 4.94. The zero-order chi connectivity index (χ0) is 13.8. The summed E-state index contributed by atoms with van der Waals surface area (Å²) in [5.41, 5.74) is 0.0393. The van der Waals surface area contributed by atoms with Crippen LogP contribution in [0.3, 0.4) is 0 Å². The summed E-state index contributed by atoms with van der Waals surface area (Å²) in [6, 6.07) is 0. The van der Waals surface area contributed by atoms with Crippen molar-refractivity contribution in [3.8, 4) is 0 Å². The molecule has 0 saturated carbocycles. The van der Waals surface area contributed by atoms with Gasteiger partial charge in [0.25, 0.3) is 0 Å². The molecule has 0 aliphatic carbocycles. The van der Waals surface area contributed by atoms with Gasteiger partial charge in [-0.1, -0.05) is 0 Å². The molecule has 1 aromatic rings. The van der Waals surface area contributed by atoms with Crippen LogP contribution in [0.2, 0.25) is 0 Å². The molecule has 1 rings (SSSR count). The molecule has 102 valence electrons. The van der Waals surface area contributed by atoms with Crippen molar-refractivity contribution in [3.05, 3.63) is 11.1 Å². The lowest BCUT2D eigenvalue weighted by molar-refractivity contribution is -0.119. The average molecular weight is 282 g/mol. The number of esters is 1. The second kappa shape index (κ2) is 6.03. The largest absolute Gasteiger partial charge is 0.461 e. The number of rotatable bonds is 5. The van der Waals surface area contributed by atoms with Crippen LogP contribution in [-0.2, 0) is 4.74 Å². The van der Waals surface area contributed by atoms with Gasteiger partial charge in [-0.3, -0.25) is 0 Å². The minimum Gasteiger partial charge on any atom is -0.461 e. The van der Waals surface area contributed by atoms with Crippen LogP contribution in [0.5, 0.6) is 0 Å². The Balaban J connectivity index is 2.79. The molecule has 0 aliphatic heterocycles. The van der Waals surface area contributed by atoms with Gasteiger partial charge in [-0.25, -0.2) is 9.78 Å². The Morgan fingerprint density at radius 2 is 2.17 bits per heavy atom. The van der Waals surface area contributed by atoms with Gasteiger partial charge >= 0.3 is 12.1 Å². The molecule has 4 nitrogen and oxygen atoms in total. The van der Waals surface area contributed by atoms with Crippen molar-refractivity contribution in [2.45, 2.75) is 20.0 Å². The van der Waals surface area contributed by atoms with E-state index in [0.717, 1.165) is 16.2 Å². The van der Waals surface area contributed by atoms with Crippen LogP contribution >= 0.6 is 11.3 Å². The van der Waals surface area contributed by atoms with E-state index in [1.807, 2.05) is 0 Å². The van der Waals surface area contributed by atoms with Gasteiger partial charge in [-0.05, 0) is 13.8 Å². The molecule has 0 atom stereocenters. The smallest absolute Gasteiger partial charge is 0.406 e. The lowest BCUT2D eigenvalue weighted by Crippen LogP contribution is -2.34. The molecule has 0 amide bonds. The Hall–Kier alpha value is -1.31. The number of halogens is 3. The molecular formula is C10H13F3N2O2S. The molecule has 0 unspecified atom stereocenters. The maximum atomic E-state index is 12.3. The Labute approximate surface area is 106 Å². The second-order valence-corrected chi connectivity index (χ2v) is 4.20. The van der Waals surface area contributed by atoms with Gasteiger partial charge in [0.2, 0.25) is 0 Å². The number of hydrogen-bond donors (Lipinski definition) is 0.